The van der Waals surface area contributed by atoms with Gasteiger partial charge in [-0.2, -0.15) is 0 Å². The molecular weight excluding hydrogens is 140 g/mol. The summed E-state index contributed by atoms with van der Waals surface area (Å²) in [4.78, 5) is 10.0. The fraction of sp³-hybridized carbons (Fsp3) is 0.889. The van der Waals surface area contributed by atoms with Crippen LogP contribution in [0.5, 0.6) is 0 Å². The maximum atomic E-state index is 10.0. The quantitative estimate of drug-likeness (QED) is 0.571. The molecule has 1 aliphatic rings. The Bertz CT molecular complexity index is 124. The SMILES string of the molecule is CC1(O[C]=O)CCCCCC1. The summed E-state index contributed by atoms with van der Waals surface area (Å²) in [5.74, 6) is 0. The smallest absolute Gasteiger partial charge is 0.418 e. The van der Waals surface area contributed by atoms with Gasteiger partial charge in [-0.25, -0.2) is 4.79 Å². The zero-order valence-corrected chi connectivity index (χ0v) is 7.06. The van der Waals surface area contributed by atoms with Gasteiger partial charge in [0.2, 0.25) is 0 Å². The Morgan fingerprint density at radius 3 is 2.18 bits per heavy atom. The minimum atomic E-state index is -0.210. The minimum Gasteiger partial charge on any atom is -0.451 e. The molecule has 0 aromatic heterocycles. The van der Waals surface area contributed by atoms with Gasteiger partial charge in [-0.3, -0.25) is 0 Å². The Morgan fingerprint density at radius 1 is 1.18 bits per heavy atom. The molecular formula is C9H15O2. The van der Waals surface area contributed by atoms with E-state index in [9.17, 15) is 4.79 Å². The molecule has 1 rings (SSSR count). The maximum absolute atomic E-state index is 10.0. The van der Waals surface area contributed by atoms with Crippen molar-refractivity contribution in [2.24, 2.45) is 0 Å². The summed E-state index contributed by atoms with van der Waals surface area (Å²) in [5.41, 5.74) is -0.210. The fourth-order valence-electron chi connectivity index (χ4n) is 1.68. The summed E-state index contributed by atoms with van der Waals surface area (Å²) in [6.07, 6.45) is 6.91. The van der Waals surface area contributed by atoms with E-state index in [4.69, 9.17) is 4.74 Å². The number of rotatable bonds is 2. The molecule has 0 aliphatic heterocycles. The zero-order chi connectivity index (χ0) is 8.16. The Labute approximate surface area is 67.9 Å². The molecule has 0 aromatic carbocycles. The molecule has 11 heavy (non-hydrogen) atoms. The third kappa shape index (κ3) is 2.52. The van der Waals surface area contributed by atoms with Gasteiger partial charge in [0.25, 0.3) is 0 Å². The second-order valence-electron chi connectivity index (χ2n) is 3.55. The van der Waals surface area contributed by atoms with Gasteiger partial charge in [0.05, 0.1) is 0 Å². The van der Waals surface area contributed by atoms with E-state index in [0.29, 0.717) is 0 Å². The van der Waals surface area contributed by atoms with E-state index in [-0.39, 0.29) is 5.60 Å². The fourth-order valence-corrected chi connectivity index (χ4v) is 1.68. The number of hydrogen-bond acceptors (Lipinski definition) is 2. The van der Waals surface area contributed by atoms with Crippen LogP contribution in [0.15, 0.2) is 0 Å². The molecule has 0 spiro atoms. The lowest BCUT2D eigenvalue weighted by Crippen LogP contribution is -2.26. The minimum absolute atomic E-state index is 0.210. The highest BCUT2D eigenvalue weighted by atomic mass is 16.5. The Balaban J connectivity index is 2.44. The van der Waals surface area contributed by atoms with Gasteiger partial charge in [-0.15, -0.1) is 0 Å². The largest absolute Gasteiger partial charge is 0.451 e. The van der Waals surface area contributed by atoms with Crippen molar-refractivity contribution in [3.05, 3.63) is 0 Å². The first kappa shape index (κ1) is 8.57. The molecule has 1 aliphatic carbocycles. The summed E-state index contributed by atoms with van der Waals surface area (Å²) in [5, 5.41) is 0. The van der Waals surface area contributed by atoms with Crippen LogP contribution >= 0.6 is 0 Å². The topological polar surface area (TPSA) is 26.3 Å². The zero-order valence-electron chi connectivity index (χ0n) is 7.06. The van der Waals surface area contributed by atoms with Crippen molar-refractivity contribution in [2.45, 2.75) is 51.0 Å². The monoisotopic (exact) mass is 155 g/mol. The van der Waals surface area contributed by atoms with Crippen LogP contribution in [-0.4, -0.2) is 12.1 Å². The molecule has 0 amide bonds. The standard InChI is InChI=1S/C9H15O2/c1-9(11-8-10)6-4-2-3-5-7-9/h2-7H2,1H3. The Morgan fingerprint density at radius 2 is 1.73 bits per heavy atom. The average molecular weight is 155 g/mol. The Kier molecular flexibility index (Phi) is 2.92. The molecule has 1 radical (unpaired) electrons. The predicted molar refractivity (Wildman–Crippen MR) is 42.9 cm³/mol. The molecule has 0 atom stereocenters. The lowest BCUT2D eigenvalue weighted by molar-refractivity contribution is 0.0546. The normalized spacial score (nSPS) is 23.7. The van der Waals surface area contributed by atoms with Crippen LogP contribution in [0.4, 0.5) is 0 Å². The molecule has 2 nitrogen and oxygen atoms in total. The van der Waals surface area contributed by atoms with Crippen LogP contribution in [0.25, 0.3) is 0 Å². The molecule has 0 bridgehead atoms. The molecule has 2 heteroatoms. The van der Waals surface area contributed by atoms with Crippen LogP contribution < -0.4 is 0 Å². The van der Waals surface area contributed by atoms with Gasteiger partial charge >= 0.3 is 6.47 Å². The summed E-state index contributed by atoms with van der Waals surface area (Å²) >= 11 is 0. The van der Waals surface area contributed by atoms with Crippen molar-refractivity contribution in [1.29, 1.82) is 0 Å². The van der Waals surface area contributed by atoms with Gasteiger partial charge in [0.15, 0.2) is 0 Å². The second kappa shape index (κ2) is 3.74. The van der Waals surface area contributed by atoms with Crippen LogP contribution in [0, 0.1) is 0 Å². The van der Waals surface area contributed by atoms with E-state index in [0.717, 1.165) is 12.8 Å². The number of hydrogen-bond donors (Lipinski definition) is 0. The van der Waals surface area contributed by atoms with E-state index in [1.54, 1.807) is 6.47 Å². The van der Waals surface area contributed by atoms with Crippen molar-refractivity contribution in [1.82, 2.24) is 0 Å². The van der Waals surface area contributed by atoms with Crippen molar-refractivity contribution in [2.75, 3.05) is 0 Å². The lowest BCUT2D eigenvalue weighted by Gasteiger charge is -2.24. The van der Waals surface area contributed by atoms with Crippen molar-refractivity contribution in [3.8, 4) is 0 Å². The van der Waals surface area contributed by atoms with Crippen LogP contribution in [0.2, 0.25) is 0 Å². The third-order valence-electron chi connectivity index (χ3n) is 2.45. The predicted octanol–water partition coefficient (Wildman–Crippen LogP) is 2.18. The first-order valence-corrected chi connectivity index (χ1v) is 4.32. The molecule has 63 valence electrons. The second-order valence-corrected chi connectivity index (χ2v) is 3.55. The van der Waals surface area contributed by atoms with Gasteiger partial charge in [-0.05, 0) is 32.6 Å². The Hall–Kier alpha value is -0.530. The van der Waals surface area contributed by atoms with E-state index >= 15 is 0 Å². The summed E-state index contributed by atoms with van der Waals surface area (Å²) in [6, 6.07) is 0. The summed E-state index contributed by atoms with van der Waals surface area (Å²) in [6.45, 7) is 3.56. The van der Waals surface area contributed by atoms with E-state index in [2.05, 4.69) is 0 Å². The van der Waals surface area contributed by atoms with Gasteiger partial charge in [0, 0.05) is 0 Å². The molecule has 1 saturated carbocycles. The molecule has 1 fully saturated rings. The average Bonchev–Trinajstić information content (AvgIpc) is 2.15. The third-order valence-corrected chi connectivity index (χ3v) is 2.45. The highest BCUT2D eigenvalue weighted by Gasteiger charge is 2.26. The number of ether oxygens (including phenoxy) is 1. The summed E-state index contributed by atoms with van der Waals surface area (Å²) in [7, 11) is 0. The first-order chi connectivity index (χ1) is 5.27. The maximum Gasteiger partial charge on any atom is 0.418 e. The van der Waals surface area contributed by atoms with Gasteiger partial charge in [0.1, 0.15) is 5.60 Å². The van der Waals surface area contributed by atoms with Crippen molar-refractivity contribution >= 4 is 6.47 Å². The van der Waals surface area contributed by atoms with E-state index < -0.39 is 0 Å². The van der Waals surface area contributed by atoms with Gasteiger partial charge < -0.3 is 4.74 Å². The van der Waals surface area contributed by atoms with Crippen molar-refractivity contribution in [3.63, 3.8) is 0 Å². The van der Waals surface area contributed by atoms with Crippen LogP contribution in [0.3, 0.4) is 0 Å². The van der Waals surface area contributed by atoms with E-state index in [1.165, 1.54) is 25.7 Å². The first-order valence-electron chi connectivity index (χ1n) is 4.32. The molecule has 0 heterocycles. The number of carbonyl (C=O) groups excluding carboxylic acids is 1. The highest BCUT2D eigenvalue weighted by Crippen LogP contribution is 2.29. The lowest BCUT2D eigenvalue weighted by atomic mass is 9.97. The van der Waals surface area contributed by atoms with Crippen molar-refractivity contribution < 1.29 is 9.53 Å². The highest BCUT2D eigenvalue weighted by molar-refractivity contribution is 5.39. The molecule has 0 saturated heterocycles. The van der Waals surface area contributed by atoms with E-state index in [1.807, 2.05) is 6.92 Å². The summed E-state index contributed by atoms with van der Waals surface area (Å²) < 4.78 is 4.94. The van der Waals surface area contributed by atoms with Crippen LogP contribution in [-0.2, 0) is 9.53 Å². The van der Waals surface area contributed by atoms with Crippen LogP contribution in [0.1, 0.15) is 45.4 Å². The van der Waals surface area contributed by atoms with Gasteiger partial charge in [-0.1, -0.05) is 12.8 Å². The molecule has 0 unspecified atom stereocenters. The molecule has 0 aromatic rings. The molecule has 0 N–H and O–H groups in total.